The highest BCUT2D eigenvalue weighted by atomic mass is 16.4. The molecule has 0 aromatic carbocycles. The molecular formula is C17H30N4O6. The number of nitrogens with one attached hydrogen (secondary N) is 2. The lowest BCUT2D eigenvalue weighted by molar-refractivity contribution is -0.144. The summed E-state index contributed by atoms with van der Waals surface area (Å²) in [6.07, 6.45) is 0.258. The molecule has 1 heterocycles. The smallest absolute Gasteiger partial charge is 0.326 e. The van der Waals surface area contributed by atoms with Crippen molar-refractivity contribution in [2.45, 2.75) is 64.3 Å². The molecule has 0 aromatic heterocycles. The van der Waals surface area contributed by atoms with E-state index < -0.39 is 47.9 Å². The highest BCUT2D eigenvalue weighted by Gasteiger charge is 2.36. The molecule has 3 amide bonds. The first-order chi connectivity index (χ1) is 12.5. The van der Waals surface area contributed by atoms with Crippen molar-refractivity contribution in [3.8, 4) is 0 Å². The van der Waals surface area contributed by atoms with Crippen LogP contribution in [0.15, 0.2) is 0 Å². The normalized spacial score (nSPS) is 20.1. The maximum Gasteiger partial charge on any atom is 0.326 e. The quantitative estimate of drug-likeness (QED) is 0.319. The first-order valence-electron chi connectivity index (χ1n) is 9.08. The van der Waals surface area contributed by atoms with Crippen molar-refractivity contribution in [1.29, 1.82) is 0 Å². The summed E-state index contributed by atoms with van der Waals surface area (Å²) < 4.78 is 0. The van der Waals surface area contributed by atoms with Gasteiger partial charge in [-0.1, -0.05) is 13.8 Å². The van der Waals surface area contributed by atoms with Crippen LogP contribution in [0.2, 0.25) is 0 Å². The summed E-state index contributed by atoms with van der Waals surface area (Å²) in [4.78, 5) is 49.2. The van der Waals surface area contributed by atoms with E-state index in [0.717, 1.165) is 0 Å². The lowest BCUT2D eigenvalue weighted by Gasteiger charge is -2.26. The minimum absolute atomic E-state index is 0.0843. The monoisotopic (exact) mass is 386 g/mol. The Bertz CT molecular complexity index is 566. The summed E-state index contributed by atoms with van der Waals surface area (Å²) in [7, 11) is 0. The largest absolute Gasteiger partial charge is 0.480 e. The SMILES string of the molecule is CC(C)CC(NC(=O)C1CCCN1C(=O)CNC(=O)C(N)C(C)O)C(=O)O. The number of likely N-dealkylation sites (tertiary alicyclic amines) is 1. The fourth-order valence-corrected chi connectivity index (χ4v) is 2.90. The van der Waals surface area contributed by atoms with Crippen molar-refractivity contribution in [3.63, 3.8) is 0 Å². The number of aliphatic hydroxyl groups is 1. The number of nitrogens with zero attached hydrogens (tertiary/aromatic N) is 1. The highest BCUT2D eigenvalue weighted by molar-refractivity contribution is 5.93. The second-order valence-electron chi connectivity index (χ2n) is 7.26. The zero-order chi connectivity index (χ0) is 20.7. The van der Waals surface area contributed by atoms with Crippen LogP contribution in [0.4, 0.5) is 0 Å². The van der Waals surface area contributed by atoms with Gasteiger partial charge in [-0.05, 0) is 32.1 Å². The molecule has 0 bridgehead atoms. The molecule has 0 aromatic rings. The Labute approximate surface area is 158 Å². The van der Waals surface area contributed by atoms with Gasteiger partial charge in [0.25, 0.3) is 0 Å². The molecule has 1 aliphatic rings. The molecule has 0 spiro atoms. The molecule has 0 saturated carbocycles. The Morgan fingerprint density at radius 1 is 1.22 bits per heavy atom. The van der Waals surface area contributed by atoms with E-state index in [1.54, 1.807) is 0 Å². The second kappa shape index (κ2) is 10.2. The van der Waals surface area contributed by atoms with E-state index in [-0.39, 0.29) is 18.9 Å². The molecule has 4 unspecified atom stereocenters. The van der Waals surface area contributed by atoms with Crippen molar-refractivity contribution in [2.24, 2.45) is 11.7 Å². The Balaban J connectivity index is 2.65. The van der Waals surface area contributed by atoms with Crippen molar-refractivity contribution in [1.82, 2.24) is 15.5 Å². The maximum atomic E-state index is 12.5. The molecule has 154 valence electrons. The fraction of sp³-hybridized carbons (Fsp3) is 0.765. The molecular weight excluding hydrogens is 356 g/mol. The standard InChI is InChI=1S/C17H30N4O6/c1-9(2)7-11(17(26)27)20-15(24)12-5-4-6-21(12)13(23)8-19-16(25)14(18)10(3)22/h9-12,14,22H,4-8,18H2,1-3H3,(H,19,25)(H,20,24)(H,26,27). The van der Waals surface area contributed by atoms with Gasteiger partial charge in [0.2, 0.25) is 17.7 Å². The molecule has 27 heavy (non-hydrogen) atoms. The van der Waals surface area contributed by atoms with E-state index in [9.17, 15) is 29.4 Å². The molecule has 0 radical (unpaired) electrons. The predicted molar refractivity (Wildman–Crippen MR) is 96.4 cm³/mol. The van der Waals surface area contributed by atoms with Crippen molar-refractivity contribution in [2.75, 3.05) is 13.1 Å². The summed E-state index contributed by atoms with van der Waals surface area (Å²) in [6, 6.07) is -2.93. The van der Waals surface area contributed by atoms with Crippen molar-refractivity contribution >= 4 is 23.7 Å². The summed E-state index contributed by atoms with van der Waals surface area (Å²) >= 11 is 0. The topological polar surface area (TPSA) is 162 Å². The van der Waals surface area contributed by atoms with Crippen LogP contribution >= 0.6 is 0 Å². The van der Waals surface area contributed by atoms with Crippen LogP contribution in [-0.4, -0.2) is 76.1 Å². The maximum absolute atomic E-state index is 12.5. The Morgan fingerprint density at radius 3 is 2.37 bits per heavy atom. The average Bonchev–Trinajstić information content (AvgIpc) is 3.07. The Kier molecular flexibility index (Phi) is 8.64. The number of carbonyl (C=O) groups is 4. The van der Waals surface area contributed by atoms with Crippen LogP contribution in [0.25, 0.3) is 0 Å². The first-order valence-corrected chi connectivity index (χ1v) is 9.08. The van der Waals surface area contributed by atoms with E-state index >= 15 is 0 Å². The van der Waals surface area contributed by atoms with E-state index in [1.807, 2.05) is 13.8 Å². The van der Waals surface area contributed by atoms with Gasteiger partial charge in [-0.25, -0.2) is 4.79 Å². The van der Waals surface area contributed by atoms with Gasteiger partial charge >= 0.3 is 5.97 Å². The van der Waals surface area contributed by atoms with Gasteiger partial charge in [0.05, 0.1) is 12.6 Å². The first kappa shape index (κ1) is 22.8. The minimum atomic E-state index is -1.15. The number of aliphatic carboxylic acids is 1. The van der Waals surface area contributed by atoms with Crippen molar-refractivity contribution < 1.29 is 29.4 Å². The predicted octanol–water partition coefficient (Wildman–Crippen LogP) is -1.58. The summed E-state index contributed by atoms with van der Waals surface area (Å²) in [6.45, 7) is 5.07. The number of carboxylic acids is 1. The van der Waals surface area contributed by atoms with Gasteiger partial charge in [0.15, 0.2) is 0 Å². The third kappa shape index (κ3) is 6.79. The zero-order valence-corrected chi connectivity index (χ0v) is 16.0. The zero-order valence-electron chi connectivity index (χ0n) is 16.0. The van der Waals surface area contributed by atoms with E-state index in [4.69, 9.17) is 5.73 Å². The van der Waals surface area contributed by atoms with Gasteiger partial charge in [-0.3, -0.25) is 14.4 Å². The van der Waals surface area contributed by atoms with Crippen LogP contribution in [0.5, 0.6) is 0 Å². The molecule has 1 saturated heterocycles. The van der Waals surface area contributed by atoms with Crippen molar-refractivity contribution in [3.05, 3.63) is 0 Å². The molecule has 1 aliphatic heterocycles. The van der Waals surface area contributed by atoms with Gasteiger partial charge in [-0.2, -0.15) is 0 Å². The average molecular weight is 386 g/mol. The number of aliphatic hydroxyl groups excluding tert-OH is 1. The number of amides is 3. The summed E-state index contributed by atoms with van der Waals surface area (Å²) in [5.41, 5.74) is 5.49. The number of hydrogen-bond donors (Lipinski definition) is 5. The fourth-order valence-electron chi connectivity index (χ4n) is 2.90. The van der Waals surface area contributed by atoms with E-state index in [0.29, 0.717) is 19.4 Å². The molecule has 10 nitrogen and oxygen atoms in total. The van der Waals surface area contributed by atoms with Gasteiger partial charge in [-0.15, -0.1) is 0 Å². The molecule has 6 N–H and O–H groups in total. The summed E-state index contributed by atoms with van der Waals surface area (Å²) in [5.74, 6) is -2.68. The van der Waals surface area contributed by atoms with E-state index in [1.165, 1.54) is 11.8 Å². The number of carbonyl (C=O) groups excluding carboxylic acids is 3. The molecule has 4 atom stereocenters. The number of carboxylic acid groups (broad SMARTS) is 1. The second-order valence-corrected chi connectivity index (χ2v) is 7.26. The highest BCUT2D eigenvalue weighted by Crippen LogP contribution is 2.18. The van der Waals surface area contributed by atoms with Crippen LogP contribution < -0.4 is 16.4 Å². The third-order valence-corrected chi connectivity index (χ3v) is 4.43. The number of rotatable bonds is 9. The van der Waals surface area contributed by atoms with Crippen LogP contribution in [0.1, 0.15) is 40.0 Å². The van der Waals surface area contributed by atoms with Gasteiger partial charge in [0.1, 0.15) is 18.1 Å². The Hall–Kier alpha value is -2.20. The van der Waals surface area contributed by atoms with Crippen LogP contribution in [0, 0.1) is 5.92 Å². The minimum Gasteiger partial charge on any atom is -0.480 e. The van der Waals surface area contributed by atoms with Crippen LogP contribution in [-0.2, 0) is 19.2 Å². The van der Waals surface area contributed by atoms with Gasteiger partial charge in [0, 0.05) is 6.54 Å². The van der Waals surface area contributed by atoms with Crippen LogP contribution in [0.3, 0.4) is 0 Å². The molecule has 1 rings (SSSR count). The van der Waals surface area contributed by atoms with Gasteiger partial charge < -0.3 is 31.5 Å². The molecule has 10 heteroatoms. The number of hydrogen-bond acceptors (Lipinski definition) is 6. The lowest BCUT2D eigenvalue weighted by Crippen LogP contribution is -2.54. The summed E-state index contributed by atoms with van der Waals surface area (Å²) in [5, 5.41) is 23.4. The third-order valence-electron chi connectivity index (χ3n) is 4.43. The molecule has 1 fully saturated rings. The molecule has 0 aliphatic carbocycles. The van der Waals surface area contributed by atoms with E-state index in [2.05, 4.69) is 10.6 Å². The Morgan fingerprint density at radius 2 is 1.85 bits per heavy atom. The number of nitrogens with two attached hydrogens (primary N) is 1. The lowest BCUT2D eigenvalue weighted by atomic mass is 10.0.